The van der Waals surface area contributed by atoms with Gasteiger partial charge in [0.1, 0.15) is 0 Å². The minimum absolute atomic E-state index is 0.303. The Morgan fingerprint density at radius 1 is 1.44 bits per heavy atom. The third-order valence-electron chi connectivity index (χ3n) is 2.20. The van der Waals surface area contributed by atoms with Gasteiger partial charge < -0.3 is 19.9 Å². The Kier molecular flexibility index (Phi) is 8.16. The summed E-state index contributed by atoms with van der Waals surface area (Å²) in [6, 6.07) is 6.01. The first kappa shape index (κ1) is 16.2. The zero-order chi connectivity index (χ0) is 13.4. The number of nitrogens with one attached hydrogen (secondary N) is 1. The van der Waals surface area contributed by atoms with Crippen LogP contribution in [-0.2, 0) is 9.47 Å². The van der Waals surface area contributed by atoms with Crippen LogP contribution < -0.4 is 5.32 Å². The topological polar surface area (TPSA) is 50.7 Å². The van der Waals surface area contributed by atoms with Crippen molar-refractivity contribution in [2.24, 2.45) is 0 Å². The Hall–Kier alpha value is 0.110. The lowest BCUT2D eigenvalue weighted by molar-refractivity contribution is 0.0182. The van der Waals surface area contributed by atoms with E-state index in [-0.39, 0.29) is 0 Å². The van der Waals surface area contributed by atoms with Crippen molar-refractivity contribution in [3.8, 4) is 0 Å². The summed E-state index contributed by atoms with van der Waals surface area (Å²) in [6.07, 6.45) is -0.536. The predicted molar refractivity (Wildman–Crippen MR) is 84.1 cm³/mol. The summed E-state index contributed by atoms with van der Waals surface area (Å²) in [5, 5.41) is 12.9. The van der Waals surface area contributed by atoms with Crippen molar-refractivity contribution in [2.75, 3.05) is 38.8 Å². The minimum atomic E-state index is -0.536. The molecule has 0 fully saturated rings. The molecule has 6 heteroatoms. The number of benzene rings is 1. The van der Waals surface area contributed by atoms with Gasteiger partial charge >= 0.3 is 0 Å². The van der Waals surface area contributed by atoms with Crippen molar-refractivity contribution < 1.29 is 14.6 Å². The number of anilines is 1. The molecule has 0 amide bonds. The van der Waals surface area contributed by atoms with E-state index in [2.05, 4.69) is 43.8 Å². The van der Waals surface area contributed by atoms with Gasteiger partial charge in [-0.1, -0.05) is 0 Å². The predicted octanol–water partition coefficient (Wildman–Crippen LogP) is 2.49. The van der Waals surface area contributed by atoms with E-state index in [4.69, 9.17) is 9.47 Å². The van der Waals surface area contributed by atoms with Crippen molar-refractivity contribution in [2.45, 2.75) is 6.10 Å². The van der Waals surface area contributed by atoms with E-state index in [1.165, 1.54) is 0 Å². The highest BCUT2D eigenvalue weighted by atomic mass is 127. The molecule has 0 aliphatic carbocycles. The third-order valence-corrected chi connectivity index (χ3v) is 3.56. The molecule has 0 aliphatic rings. The number of aliphatic hydroxyl groups excluding tert-OH is 1. The zero-order valence-electron chi connectivity index (χ0n) is 10.2. The Bertz CT molecular complexity index is 365. The molecule has 1 aromatic carbocycles. The van der Waals surface area contributed by atoms with Crippen molar-refractivity contribution in [1.82, 2.24) is 0 Å². The van der Waals surface area contributed by atoms with E-state index >= 15 is 0 Å². The van der Waals surface area contributed by atoms with E-state index in [1.807, 2.05) is 18.2 Å². The van der Waals surface area contributed by atoms with Gasteiger partial charge in [-0.2, -0.15) is 0 Å². The molecule has 1 unspecified atom stereocenters. The number of ether oxygens (including phenoxy) is 2. The first-order chi connectivity index (χ1) is 8.63. The summed E-state index contributed by atoms with van der Waals surface area (Å²) < 4.78 is 12.2. The molecule has 1 aromatic rings. The lowest BCUT2D eigenvalue weighted by Gasteiger charge is -2.14. The van der Waals surface area contributed by atoms with Crippen LogP contribution in [0.5, 0.6) is 0 Å². The molecule has 102 valence electrons. The number of hydrogen-bond acceptors (Lipinski definition) is 4. The average molecular weight is 430 g/mol. The molecular formula is C12H17BrINO3. The minimum Gasteiger partial charge on any atom is -0.389 e. The summed E-state index contributed by atoms with van der Waals surface area (Å²) in [5.41, 5.74) is 0.970. The second kappa shape index (κ2) is 9.08. The Labute approximate surface area is 129 Å². The maximum atomic E-state index is 9.72. The highest BCUT2D eigenvalue weighted by Gasteiger charge is 2.06. The maximum Gasteiger partial charge on any atom is 0.0945 e. The fraction of sp³-hybridized carbons (Fsp3) is 0.500. The molecular weight excluding hydrogens is 413 g/mol. The van der Waals surface area contributed by atoms with Gasteiger partial charge in [-0.05, 0) is 56.7 Å². The number of hydrogen-bond donors (Lipinski definition) is 2. The van der Waals surface area contributed by atoms with Crippen LogP contribution in [0.3, 0.4) is 0 Å². The fourth-order valence-corrected chi connectivity index (χ4v) is 2.16. The second-order valence-electron chi connectivity index (χ2n) is 3.73. The van der Waals surface area contributed by atoms with E-state index in [0.29, 0.717) is 26.4 Å². The lowest BCUT2D eigenvalue weighted by Crippen LogP contribution is -2.25. The molecule has 0 spiro atoms. The SMILES string of the molecule is COCCOCC(O)CNc1cc(I)ccc1Br. The Morgan fingerprint density at radius 2 is 2.22 bits per heavy atom. The van der Waals surface area contributed by atoms with E-state index in [0.717, 1.165) is 13.7 Å². The largest absolute Gasteiger partial charge is 0.389 e. The zero-order valence-corrected chi connectivity index (χ0v) is 13.9. The second-order valence-corrected chi connectivity index (χ2v) is 5.83. The third kappa shape index (κ3) is 6.33. The highest BCUT2D eigenvalue weighted by Crippen LogP contribution is 2.24. The molecule has 0 heterocycles. The Balaban J connectivity index is 2.29. The van der Waals surface area contributed by atoms with Gasteiger partial charge in [0.05, 0.1) is 25.9 Å². The Morgan fingerprint density at radius 3 is 2.94 bits per heavy atom. The molecule has 0 aliphatic heterocycles. The van der Waals surface area contributed by atoms with Crippen molar-refractivity contribution in [1.29, 1.82) is 0 Å². The van der Waals surface area contributed by atoms with Gasteiger partial charge in [-0.25, -0.2) is 0 Å². The smallest absolute Gasteiger partial charge is 0.0945 e. The van der Waals surface area contributed by atoms with Crippen molar-refractivity contribution in [3.05, 3.63) is 26.2 Å². The molecule has 0 aromatic heterocycles. The molecule has 0 saturated heterocycles. The average Bonchev–Trinajstić information content (AvgIpc) is 2.36. The number of methoxy groups -OCH3 is 1. The standard InChI is InChI=1S/C12H17BrINO3/c1-17-4-5-18-8-10(16)7-15-12-6-9(14)2-3-11(12)13/h2-3,6,10,15-16H,4-5,7-8H2,1H3. The van der Waals surface area contributed by atoms with Gasteiger partial charge in [-0.15, -0.1) is 0 Å². The maximum absolute atomic E-state index is 9.72. The molecule has 4 nitrogen and oxygen atoms in total. The summed E-state index contributed by atoms with van der Waals surface area (Å²) in [4.78, 5) is 0. The first-order valence-electron chi connectivity index (χ1n) is 5.57. The van der Waals surface area contributed by atoms with Gasteiger partial charge in [-0.3, -0.25) is 0 Å². The molecule has 0 bridgehead atoms. The molecule has 1 atom stereocenters. The summed E-state index contributed by atoms with van der Waals surface area (Å²) >= 11 is 5.71. The fourth-order valence-electron chi connectivity index (χ4n) is 1.28. The van der Waals surface area contributed by atoms with Crippen LogP contribution in [0.2, 0.25) is 0 Å². The molecule has 18 heavy (non-hydrogen) atoms. The van der Waals surface area contributed by atoms with E-state index < -0.39 is 6.10 Å². The van der Waals surface area contributed by atoms with Crippen LogP contribution in [0.25, 0.3) is 0 Å². The quantitative estimate of drug-likeness (QED) is 0.492. The monoisotopic (exact) mass is 429 g/mol. The molecule has 0 saturated carbocycles. The van der Waals surface area contributed by atoms with Crippen molar-refractivity contribution in [3.63, 3.8) is 0 Å². The molecule has 1 rings (SSSR count). The number of rotatable bonds is 8. The lowest BCUT2D eigenvalue weighted by atomic mass is 10.3. The van der Waals surface area contributed by atoms with Crippen molar-refractivity contribution >= 4 is 44.2 Å². The van der Waals surface area contributed by atoms with Gasteiger partial charge in [0.15, 0.2) is 0 Å². The van der Waals surface area contributed by atoms with E-state index in [1.54, 1.807) is 7.11 Å². The van der Waals surface area contributed by atoms with Crippen LogP contribution >= 0.6 is 38.5 Å². The van der Waals surface area contributed by atoms with E-state index in [9.17, 15) is 5.11 Å². The van der Waals surface area contributed by atoms with Crippen LogP contribution in [0, 0.1) is 3.57 Å². The van der Waals surface area contributed by atoms with Crippen LogP contribution in [0.1, 0.15) is 0 Å². The normalized spacial score (nSPS) is 12.4. The summed E-state index contributed by atoms with van der Waals surface area (Å²) in [5.74, 6) is 0. The van der Waals surface area contributed by atoms with Crippen LogP contribution in [0.15, 0.2) is 22.7 Å². The van der Waals surface area contributed by atoms with Crippen LogP contribution in [-0.4, -0.2) is 44.7 Å². The molecule has 2 N–H and O–H groups in total. The molecule has 0 radical (unpaired) electrons. The highest BCUT2D eigenvalue weighted by molar-refractivity contribution is 14.1. The summed E-state index contributed by atoms with van der Waals surface area (Å²) in [6.45, 7) is 1.80. The van der Waals surface area contributed by atoms with Gasteiger partial charge in [0, 0.05) is 27.4 Å². The number of halogens is 2. The first-order valence-corrected chi connectivity index (χ1v) is 7.44. The van der Waals surface area contributed by atoms with Gasteiger partial charge in [0.25, 0.3) is 0 Å². The van der Waals surface area contributed by atoms with Gasteiger partial charge in [0.2, 0.25) is 0 Å². The van der Waals surface area contributed by atoms with Crippen LogP contribution in [0.4, 0.5) is 5.69 Å². The number of aliphatic hydroxyl groups is 1. The summed E-state index contributed by atoms with van der Waals surface area (Å²) in [7, 11) is 1.62.